The molecule has 0 aliphatic rings. The molecule has 0 spiro atoms. The van der Waals surface area contributed by atoms with Crippen LogP contribution < -0.4 is 23.2 Å². The number of fused-ring (bicyclic) bond motifs is 2. The van der Waals surface area contributed by atoms with Crippen molar-refractivity contribution in [1.29, 1.82) is 0 Å². The number of pyridine rings is 1. The van der Waals surface area contributed by atoms with Crippen molar-refractivity contribution in [3.63, 3.8) is 0 Å². The number of para-hydroxylation sites is 2. The van der Waals surface area contributed by atoms with E-state index in [0.29, 0.717) is 0 Å². The maximum absolute atomic E-state index is 8.49. The van der Waals surface area contributed by atoms with Gasteiger partial charge < -0.3 is 0 Å². The van der Waals surface area contributed by atoms with Gasteiger partial charge >= 0.3 is 0 Å². The lowest BCUT2D eigenvalue weighted by atomic mass is 9.90. The first-order chi connectivity index (χ1) is 13.2. The summed E-state index contributed by atoms with van der Waals surface area (Å²) < 4.78 is 36.3. The Bertz CT molecular complexity index is 1070. The average molecular weight is 398 g/mol. The van der Waals surface area contributed by atoms with Crippen molar-refractivity contribution in [3.8, 4) is 11.1 Å². The molecule has 0 fully saturated rings. The van der Waals surface area contributed by atoms with Crippen LogP contribution in [0, 0.1) is 24.1 Å². The van der Waals surface area contributed by atoms with E-state index in [1.165, 1.54) is 44.1 Å². The summed E-state index contributed by atoms with van der Waals surface area (Å²) in [6.45, 7) is 4.41. The molecule has 28 heavy (non-hydrogen) atoms. The van der Waals surface area contributed by atoms with Gasteiger partial charge in [-0.15, -0.1) is 10.2 Å². The second-order valence-electron chi connectivity index (χ2n) is 6.61. The zero-order valence-corrected chi connectivity index (χ0v) is 16.6. The monoisotopic (exact) mass is 397 g/mol. The lowest BCUT2D eigenvalue weighted by molar-refractivity contribution is -2.00. The first kappa shape index (κ1) is 20.2. The Morgan fingerprint density at radius 3 is 1.43 bits per heavy atom. The van der Waals surface area contributed by atoms with Crippen LogP contribution in [0.25, 0.3) is 32.9 Å². The Morgan fingerprint density at radius 1 is 0.607 bits per heavy atom. The van der Waals surface area contributed by atoms with Gasteiger partial charge in [0, 0.05) is 17.7 Å². The molecular formula is C22H20ClNO4. The summed E-state index contributed by atoms with van der Waals surface area (Å²) in [5, 5.41) is 2.62. The Balaban J connectivity index is 0.000000403. The van der Waals surface area contributed by atoms with Crippen LogP contribution in [0.5, 0.6) is 0 Å². The number of halogens is 1. The fourth-order valence-electron chi connectivity index (χ4n) is 3.71. The number of hydrogen-bond acceptors (Lipinski definition) is 4. The highest BCUT2D eigenvalue weighted by atomic mass is 35.7. The Kier molecular flexibility index (Phi) is 5.65. The second-order valence-corrected chi connectivity index (χ2v) is 7.37. The molecule has 0 aliphatic carbocycles. The third-order valence-electron chi connectivity index (χ3n) is 4.80. The molecule has 3 aromatic carbocycles. The van der Waals surface area contributed by atoms with Crippen molar-refractivity contribution in [3.05, 3.63) is 77.9 Å². The van der Waals surface area contributed by atoms with Crippen LogP contribution in [0.4, 0.5) is 0 Å². The second kappa shape index (κ2) is 7.83. The maximum atomic E-state index is 8.49. The van der Waals surface area contributed by atoms with E-state index >= 15 is 0 Å². The Hall–Kier alpha value is -2.54. The lowest BCUT2D eigenvalue weighted by Crippen LogP contribution is -2.68. The Labute approximate surface area is 165 Å². The topological polar surface area (TPSA) is 96.1 Å². The molecule has 144 valence electrons. The lowest BCUT2D eigenvalue weighted by Gasteiger charge is -2.17. The predicted molar refractivity (Wildman–Crippen MR) is 97.5 cm³/mol. The molecule has 1 aromatic heterocycles. The van der Waals surface area contributed by atoms with Gasteiger partial charge in [0.25, 0.3) is 0 Å². The molecule has 0 unspecified atom stereocenters. The van der Waals surface area contributed by atoms with Gasteiger partial charge in [0.15, 0.2) is 0 Å². The van der Waals surface area contributed by atoms with E-state index in [2.05, 4.69) is 92.2 Å². The molecule has 0 N–H and O–H groups in total. The predicted octanol–water partition coefficient (Wildman–Crippen LogP) is 0.345. The number of nitrogens with zero attached hydrogens (tertiary/aromatic N) is 1. The highest BCUT2D eigenvalue weighted by molar-refractivity contribution is 6.08. The van der Waals surface area contributed by atoms with Gasteiger partial charge in [0.05, 0.1) is 10.8 Å². The molecular weight excluding hydrogens is 378 g/mol. The standard InChI is InChI=1S/C22H20N.ClHO4/c1-15-9-8-10-16(2)21(15)22-17-11-4-6-13-19(17)23(3)20-14-7-5-12-18(20)22;2-1(3,4)5/h4-14H,1-3H3;(H,2,3,4,5)/q+1;/p-1. The zero-order chi connectivity index (χ0) is 20.5. The van der Waals surface area contributed by atoms with Crippen LogP contribution in [0.15, 0.2) is 66.7 Å². The minimum absolute atomic E-state index is 1.27. The van der Waals surface area contributed by atoms with Crippen LogP contribution in [0.3, 0.4) is 0 Å². The Morgan fingerprint density at radius 2 is 1.00 bits per heavy atom. The molecule has 0 amide bonds. The minimum Gasteiger partial charge on any atom is -0.222 e. The normalized spacial score (nSPS) is 11.4. The van der Waals surface area contributed by atoms with Crippen LogP contribution in [0.1, 0.15) is 11.1 Å². The van der Waals surface area contributed by atoms with E-state index in [1.807, 2.05) is 0 Å². The van der Waals surface area contributed by atoms with Gasteiger partial charge in [0.2, 0.25) is 11.0 Å². The molecule has 1 heterocycles. The van der Waals surface area contributed by atoms with Gasteiger partial charge in [-0.25, -0.2) is 18.6 Å². The van der Waals surface area contributed by atoms with Crippen LogP contribution in [0.2, 0.25) is 0 Å². The van der Waals surface area contributed by atoms with Crippen molar-refractivity contribution in [2.45, 2.75) is 13.8 Å². The number of rotatable bonds is 1. The number of hydrogen-bond donors (Lipinski definition) is 0. The van der Waals surface area contributed by atoms with Gasteiger partial charge in [-0.1, -0.05) is 42.5 Å². The zero-order valence-electron chi connectivity index (χ0n) is 15.8. The van der Waals surface area contributed by atoms with E-state index in [-0.39, 0.29) is 0 Å². The first-order valence-corrected chi connectivity index (χ1v) is 9.89. The van der Waals surface area contributed by atoms with Crippen molar-refractivity contribution in [1.82, 2.24) is 0 Å². The van der Waals surface area contributed by atoms with E-state index in [1.54, 1.807) is 0 Å². The smallest absolute Gasteiger partial charge is 0.213 e. The molecule has 4 rings (SSSR count). The fraction of sp³-hybridized carbons (Fsp3) is 0.136. The molecule has 4 aromatic rings. The third-order valence-corrected chi connectivity index (χ3v) is 4.80. The molecule has 0 atom stereocenters. The van der Waals surface area contributed by atoms with E-state index in [4.69, 9.17) is 18.6 Å². The summed E-state index contributed by atoms with van der Waals surface area (Å²) in [6, 6.07) is 23.9. The van der Waals surface area contributed by atoms with E-state index in [0.717, 1.165) is 0 Å². The van der Waals surface area contributed by atoms with Gasteiger partial charge in [0.1, 0.15) is 7.05 Å². The largest absolute Gasteiger partial charge is 0.222 e. The highest BCUT2D eigenvalue weighted by Gasteiger charge is 2.20. The number of benzene rings is 3. The molecule has 0 aliphatic heterocycles. The van der Waals surface area contributed by atoms with Crippen LogP contribution in [-0.2, 0) is 7.05 Å². The molecule has 0 saturated heterocycles. The van der Waals surface area contributed by atoms with Crippen LogP contribution in [-0.4, -0.2) is 0 Å². The average Bonchev–Trinajstić information content (AvgIpc) is 2.63. The minimum atomic E-state index is -4.94. The first-order valence-electron chi connectivity index (χ1n) is 8.66. The SMILES string of the molecule is Cc1cccc(C)c1-c1c2ccccc2[n+](C)c2ccccc12.[O-][Cl+3]([O-])([O-])[O-]. The van der Waals surface area contributed by atoms with E-state index < -0.39 is 10.2 Å². The molecule has 0 radical (unpaired) electrons. The van der Waals surface area contributed by atoms with Gasteiger partial charge in [-0.2, -0.15) is 4.57 Å². The maximum Gasteiger partial charge on any atom is 0.213 e. The van der Waals surface area contributed by atoms with Crippen molar-refractivity contribution in [2.75, 3.05) is 0 Å². The quantitative estimate of drug-likeness (QED) is 0.342. The summed E-state index contributed by atoms with van der Waals surface area (Å²) in [4.78, 5) is 0. The summed E-state index contributed by atoms with van der Waals surface area (Å²) in [7, 11) is -2.79. The van der Waals surface area contributed by atoms with E-state index in [9.17, 15) is 0 Å². The van der Waals surface area contributed by atoms with Crippen LogP contribution >= 0.6 is 0 Å². The summed E-state index contributed by atoms with van der Waals surface area (Å²) in [5.74, 6) is 0. The summed E-state index contributed by atoms with van der Waals surface area (Å²) >= 11 is 0. The fourth-order valence-corrected chi connectivity index (χ4v) is 3.71. The summed E-state index contributed by atoms with van der Waals surface area (Å²) in [5.41, 5.74) is 7.90. The van der Waals surface area contributed by atoms with Crippen molar-refractivity contribution in [2.24, 2.45) is 7.05 Å². The van der Waals surface area contributed by atoms with Gasteiger partial charge in [-0.3, -0.25) is 0 Å². The summed E-state index contributed by atoms with van der Waals surface area (Å²) in [6.07, 6.45) is 0. The molecule has 0 saturated carbocycles. The van der Waals surface area contributed by atoms with Crippen molar-refractivity contribution >= 4 is 21.8 Å². The van der Waals surface area contributed by atoms with Gasteiger partial charge in [-0.05, 0) is 42.7 Å². The van der Waals surface area contributed by atoms with Crippen molar-refractivity contribution < 1.29 is 33.4 Å². The third kappa shape index (κ3) is 4.14. The number of aromatic nitrogens is 1. The molecule has 5 nitrogen and oxygen atoms in total. The number of aryl methyl sites for hydroxylation is 3. The molecule has 6 heteroatoms. The highest BCUT2D eigenvalue weighted by Crippen LogP contribution is 2.37. The molecule has 0 bridgehead atoms.